The first-order valence-electron chi connectivity index (χ1n) is 6.41. The van der Waals surface area contributed by atoms with Crippen LogP contribution >= 0.6 is 0 Å². The molecule has 1 aliphatic heterocycles. The Morgan fingerprint density at radius 1 is 1.47 bits per heavy atom. The van der Waals surface area contributed by atoms with Crippen LogP contribution in [-0.4, -0.2) is 24.4 Å². The van der Waals surface area contributed by atoms with Crippen molar-refractivity contribution in [1.82, 2.24) is 5.32 Å². The largest absolute Gasteiger partial charge is 0.351 e. The Morgan fingerprint density at radius 2 is 2.16 bits per heavy atom. The highest BCUT2D eigenvalue weighted by molar-refractivity contribution is 6.03. The van der Waals surface area contributed by atoms with Crippen LogP contribution in [0.4, 0.5) is 5.69 Å². The summed E-state index contributed by atoms with van der Waals surface area (Å²) in [5.41, 5.74) is 1.91. The highest BCUT2D eigenvalue weighted by Crippen LogP contribution is 2.26. The maximum absolute atomic E-state index is 12.0. The zero-order valence-corrected chi connectivity index (χ0v) is 11.1. The van der Waals surface area contributed by atoms with Gasteiger partial charge in [-0.2, -0.15) is 0 Å². The monoisotopic (exact) mass is 258 g/mol. The number of carbonyl (C=O) groups is 2. The summed E-state index contributed by atoms with van der Waals surface area (Å²) in [6.07, 6.45) is 2.61. The molecule has 1 aromatic rings. The van der Waals surface area contributed by atoms with Crippen molar-refractivity contribution in [3.63, 3.8) is 0 Å². The minimum absolute atomic E-state index is 0.00241. The fourth-order valence-electron chi connectivity index (χ4n) is 2.25. The van der Waals surface area contributed by atoms with Crippen molar-refractivity contribution >= 4 is 17.5 Å². The fraction of sp³-hybridized carbons (Fsp3) is 0.333. The second kappa shape index (κ2) is 5.69. The molecular formula is C15H18N2O2. The van der Waals surface area contributed by atoms with Gasteiger partial charge in [0.2, 0.25) is 11.8 Å². The SMILES string of the molecule is C=CCNC(=O)C1CCC(=O)N1c1ccc(C)cc1. The van der Waals surface area contributed by atoms with Crippen LogP contribution in [0.25, 0.3) is 0 Å². The van der Waals surface area contributed by atoms with Crippen molar-refractivity contribution in [2.75, 3.05) is 11.4 Å². The predicted molar refractivity (Wildman–Crippen MR) is 74.9 cm³/mol. The Labute approximate surface area is 113 Å². The third-order valence-corrected chi connectivity index (χ3v) is 3.25. The second-order valence-corrected chi connectivity index (χ2v) is 4.69. The van der Waals surface area contributed by atoms with Gasteiger partial charge in [-0.15, -0.1) is 6.58 Å². The molecular weight excluding hydrogens is 240 g/mol. The van der Waals surface area contributed by atoms with Crippen LogP contribution in [0.15, 0.2) is 36.9 Å². The van der Waals surface area contributed by atoms with E-state index >= 15 is 0 Å². The van der Waals surface area contributed by atoms with Crippen molar-refractivity contribution in [3.05, 3.63) is 42.5 Å². The molecule has 0 aliphatic carbocycles. The summed E-state index contributed by atoms with van der Waals surface area (Å²) in [7, 11) is 0. The molecule has 1 unspecified atom stereocenters. The smallest absolute Gasteiger partial charge is 0.243 e. The van der Waals surface area contributed by atoms with Gasteiger partial charge < -0.3 is 5.32 Å². The van der Waals surface area contributed by atoms with Gasteiger partial charge in [-0.25, -0.2) is 0 Å². The lowest BCUT2D eigenvalue weighted by molar-refractivity contribution is -0.123. The molecule has 19 heavy (non-hydrogen) atoms. The Bertz CT molecular complexity index is 493. The molecule has 2 amide bonds. The van der Waals surface area contributed by atoms with Gasteiger partial charge in [0.05, 0.1) is 0 Å². The number of benzene rings is 1. The van der Waals surface area contributed by atoms with Crippen LogP contribution in [0, 0.1) is 6.92 Å². The zero-order valence-electron chi connectivity index (χ0n) is 11.1. The van der Waals surface area contributed by atoms with E-state index in [1.54, 1.807) is 11.0 Å². The van der Waals surface area contributed by atoms with Crippen LogP contribution in [0.2, 0.25) is 0 Å². The first-order valence-corrected chi connectivity index (χ1v) is 6.41. The van der Waals surface area contributed by atoms with E-state index in [0.29, 0.717) is 19.4 Å². The molecule has 2 rings (SSSR count). The molecule has 100 valence electrons. The number of aryl methyl sites for hydroxylation is 1. The number of anilines is 1. The van der Waals surface area contributed by atoms with Gasteiger partial charge in [0, 0.05) is 18.7 Å². The Morgan fingerprint density at radius 3 is 2.79 bits per heavy atom. The fourth-order valence-corrected chi connectivity index (χ4v) is 2.25. The molecule has 1 fully saturated rings. The average Bonchev–Trinajstić information content (AvgIpc) is 2.79. The van der Waals surface area contributed by atoms with E-state index in [4.69, 9.17) is 0 Å². The van der Waals surface area contributed by atoms with E-state index < -0.39 is 6.04 Å². The molecule has 0 spiro atoms. The Kier molecular flexibility index (Phi) is 4.00. The number of hydrogen-bond donors (Lipinski definition) is 1. The lowest BCUT2D eigenvalue weighted by Crippen LogP contribution is -2.44. The minimum Gasteiger partial charge on any atom is -0.351 e. The van der Waals surface area contributed by atoms with Crippen LogP contribution in [0.1, 0.15) is 18.4 Å². The highest BCUT2D eigenvalue weighted by atomic mass is 16.2. The summed E-state index contributed by atoms with van der Waals surface area (Å²) in [4.78, 5) is 25.6. The average molecular weight is 258 g/mol. The molecule has 0 aromatic heterocycles. The van der Waals surface area contributed by atoms with E-state index in [1.807, 2.05) is 31.2 Å². The maximum Gasteiger partial charge on any atom is 0.243 e. The van der Waals surface area contributed by atoms with E-state index in [1.165, 1.54) is 0 Å². The standard InChI is InChI=1S/C15H18N2O2/c1-3-10-16-15(19)13-8-9-14(18)17(13)12-6-4-11(2)5-7-12/h3-7,13H,1,8-10H2,2H3,(H,16,19). The van der Waals surface area contributed by atoms with Crippen molar-refractivity contribution in [3.8, 4) is 0 Å². The van der Waals surface area contributed by atoms with Gasteiger partial charge >= 0.3 is 0 Å². The summed E-state index contributed by atoms with van der Waals surface area (Å²) in [5.74, 6) is -0.117. The summed E-state index contributed by atoms with van der Waals surface area (Å²) in [5, 5.41) is 2.76. The van der Waals surface area contributed by atoms with E-state index in [-0.39, 0.29) is 11.8 Å². The summed E-state index contributed by atoms with van der Waals surface area (Å²) >= 11 is 0. The number of nitrogens with one attached hydrogen (secondary N) is 1. The van der Waals surface area contributed by atoms with Crippen molar-refractivity contribution < 1.29 is 9.59 Å². The number of rotatable bonds is 4. The number of carbonyl (C=O) groups excluding carboxylic acids is 2. The topological polar surface area (TPSA) is 49.4 Å². The summed E-state index contributed by atoms with van der Waals surface area (Å²) in [6, 6.07) is 7.24. The van der Waals surface area contributed by atoms with Crippen LogP contribution in [0.5, 0.6) is 0 Å². The predicted octanol–water partition coefficient (Wildman–Crippen LogP) is 1.79. The van der Waals surface area contributed by atoms with Gasteiger partial charge in [0.1, 0.15) is 6.04 Å². The quantitative estimate of drug-likeness (QED) is 0.837. The normalized spacial score (nSPS) is 18.5. The number of nitrogens with zero attached hydrogens (tertiary/aromatic N) is 1. The molecule has 1 heterocycles. The van der Waals surface area contributed by atoms with Crippen LogP contribution in [-0.2, 0) is 9.59 Å². The Balaban J connectivity index is 2.20. The molecule has 4 nitrogen and oxygen atoms in total. The van der Waals surface area contributed by atoms with Crippen molar-refractivity contribution in [2.45, 2.75) is 25.8 Å². The van der Waals surface area contributed by atoms with E-state index in [2.05, 4.69) is 11.9 Å². The third-order valence-electron chi connectivity index (χ3n) is 3.25. The Hall–Kier alpha value is -2.10. The van der Waals surface area contributed by atoms with Gasteiger partial charge in [-0.05, 0) is 25.5 Å². The first-order chi connectivity index (χ1) is 9.13. The zero-order chi connectivity index (χ0) is 13.8. The number of hydrogen-bond acceptors (Lipinski definition) is 2. The first kappa shape index (κ1) is 13.3. The molecule has 1 atom stereocenters. The lowest BCUT2D eigenvalue weighted by Gasteiger charge is -2.24. The summed E-state index contributed by atoms with van der Waals surface area (Å²) in [6.45, 7) is 5.98. The van der Waals surface area contributed by atoms with Gasteiger partial charge in [-0.3, -0.25) is 14.5 Å². The van der Waals surface area contributed by atoms with E-state index in [0.717, 1.165) is 11.3 Å². The molecule has 0 radical (unpaired) electrons. The summed E-state index contributed by atoms with van der Waals surface area (Å²) < 4.78 is 0. The molecule has 1 saturated heterocycles. The van der Waals surface area contributed by atoms with Gasteiger partial charge in [-0.1, -0.05) is 23.8 Å². The third kappa shape index (κ3) is 2.84. The maximum atomic E-state index is 12.0. The lowest BCUT2D eigenvalue weighted by atomic mass is 10.1. The molecule has 0 bridgehead atoms. The molecule has 0 saturated carbocycles. The van der Waals surface area contributed by atoms with Gasteiger partial charge in [0.15, 0.2) is 0 Å². The molecule has 4 heteroatoms. The van der Waals surface area contributed by atoms with Crippen molar-refractivity contribution in [2.24, 2.45) is 0 Å². The van der Waals surface area contributed by atoms with Crippen LogP contribution < -0.4 is 10.2 Å². The second-order valence-electron chi connectivity index (χ2n) is 4.69. The minimum atomic E-state index is -0.407. The van der Waals surface area contributed by atoms with Crippen molar-refractivity contribution in [1.29, 1.82) is 0 Å². The molecule has 1 aliphatic rings. The number of amides is 2. The molecule has 1 N–H and O–H groups in total. The van der Waals surface area contributed by atoms with Crippen LogP contribution in [0.3, 0.4) is 0 Å². The highest BCUT2D eigenvalue weighted by Gasteiger charge is 2.36. The van der Waals surface area contributed by atoms with E-state index in [9.17, 15) is 9.59 Å². The molecule has 1 aromatic carbocycles. The van der Waals surface area contributed by atoms with Gasteiger partial charge in [0.25, 0.3) is 0 Å².